The highest BCUT2D eigenvalue weighted by molar-refractivity contribution is 5.97. The minimum Gasteiger partial charge on any atom is -0.482 e. The highest BCUT2D eigenvalue weighted by Gasteiger charge is 2.22. The fourth-order valence-corrected chi connectivity index (χ4v) is 3.37. The molecule has 0 aliphatic heterocycles. The van der Waals surface area contributed by atoms with E-state index in [2.05, 4.69) is 10.6 Å². The van der Waals surface area contributed by atoms with Gasteiger partial charge >= 0.3 is 12.0 Å². The number of benzene rings is 2. The van der Waals surface area contributed by atoms with Gasteiger partial charge in [-0.1, -0.05) is 49.6 Å². The van der Waals surface area contributed by atoms with E-state index in [4.69, 9.17) is 9.47 Å². The maximum absolute atomic E-state index is 12.1. The highest BCUT2D eigenvalue weighted by Crippen LogP contribution is 2.20. The molecule has 7 nitrogen and oxygen atoms in total. The number of carbonyl (C=O) groups excluding carboxylic acids is 3. The molecule has 1 atom stereocenters. The van der Waals surface area contributed by atoms with Gasteiger partial charge in [-0.05, 0) is 42.7 Å². The number of imide groups is 1. The number of amides is 3. The fraction of sp³-hybridized carbons (Fsp3) is 0.409. The minimum absolute atomic E-state index is 0.0877. The van der Waals surface area contributed by atoms with Crippen LogP contribution in [0.5, 0.6) is 5.75 Å². The molecular formula is C22H26N2O5. The van der Waals surface area contributed by atoms with Crippen LogP contribution < -0.4 is 15.4 Å². The van der Waals surface area contributed by atoms with Crippen molar-refractivity contribution in [3.05, 3.63) is 42.5 Å². The van der Waals surface area contributed by atoms with Gasteiger partial charge in [0.25, 0.3) is 5.91 Å². The summed E-state index contributed by atoms with van der Waals surface area (Å²) in [5, 5.41) is 7.07. The summed E-state index contributed by atoms with van der Waals surface area (Å²) in [5.74, 6) is -0.824. The molecule has 154 valence electrons. The van der Waals surface area contributed by atoms with Gasteiger partial charge in [0.05, 0.1) is 0 Å². The van der Waals surface area contributed by atoms with Gasteiger partial charge in [0.15, 0.2) is 12.7 Å². The summed E-state index contributed by atoms with van der Waals surface area (Å²) in [6.07, 6.45) is 4.05. The maximum atomic E-state index is 12.1. The molecule has 1 aliphatic carbocycles. The Balaban J connectivity index is 1.41. The van der Waals surface area contributed by atoms with Crippen LogP contribution in [0.25, 0.3) is 10.8 Å². The van der Waals surface area contributed by atoms with E-state index in [-0.39, 0.29) is 12.6 Å². The van der Waals surface area contributed by atoms with E-state index in [9.17, 15) is 14.4 Å². The molecule has 0 saturated heterocycles. The second-order valence-corrected chi connectivity index (χ2v) is 7.23. The van der Waals surface area contributed by atoms with E-state index in [1.54, 1.807) is 6.07 Å². The summed E-state index contributed by atoms with van der Waals surface area (Å²) in [6.45, 7) is 1.08. The number of urea groups is 1. The summed E-state index contributed by atoms with van der Waals surface area (Å²) in [5.41, 5.74) is 0. The molecule has 0 spiro atoms. The molecule has 2 aromatic rings. The van der Waals surface area contributed by atoms with Crippen LogP contribution in [-0.4, -0.2) is 36.7 Å². The lowest BCUT2D eigenvalue weighted by Gasteiger charge is -2.23. The third-order valence-corrected chi connectivity index (χ3v) is 4.93. The first-order valence-corrected chi connectivity index (χ1v) is 9.94. The third-order valence-electron chi connectivity index (χ3n) is 4.93. The summed E-state index contributed by atoms with van der Waals surface area (Å²) >= 11 is 0. The smallest absolute Gasteiger partial charge is 0.344 e. The summed E-state index contributed by atoms with van der Waals surface area (Å²) < 4.78 is 10.5. The quantitative estimate of drug-likeness (QED) is 0.728. The van der Waals surface area contributed by atoms with Crippen LogP contribution in [0.3, 0.4) is 0 Å². The summed E-state index contributed by atoms with van der Waals surface area (Å²) in [7, 11) is 0. The van der Waals surface area contributed by atoms with Crippen molar-refractivity contribution in [3.8, 4) is 5.75 Å². The number of carbonyl (C=O) groups is 3. The molecule has 0 aromatic heterocycles. The van der Waals surface area contributed by atoms with Crippen molar-refractivity contribution in [2.24, 2.45) is 0 Å². The van der Waals surface area contributed by atoms with E-state index < -0.39 is 24.0 Å². The van der Waals surface area contributed by atoms with Crippen LogP contribution in [0.4, 0.5) is 4.79 Å². The Morgan fingerprint density at radius 1 is 1.03 bits per heavy atom. The average Bonchev–Trinajstić information content (AvgIpc) is 2.72. The number of ether oxygens (including phenoxy) is 2. The van der Waals surface area contributed by atoms with Gasteiger partial charge in [-0.2, -0.15) is 0 Å². The molecule has 3 amide bonds. The van der Waals surface area contributed by atoms with Crippen LogP contribution in [0.1, 0.15) is 39.0 Å². The molecule has 7 heteroatoms. The van der Waals surface area contributed by atoms with Crippen molar-refractivity contribution in [2.75, 3.05) is 6.61 Å². The number of fused-ring (bicyclic) bond motifs is 1. The van der Waals surface area contributed by atoms with Crippen LogP contribution in [0.15, 0.2) is 42.5 Å². The fourth-order valence-electron chi connectivity index (χ4n) is 3.37. The normalized spacial score (nSPS) is 15.3. The number of hydrogen-bond acceptors (Lipinski definition) is 5. The third kappa shape index (κ3) is 6.20. The maximum Gasteiger partial charge on any atom is 0.344 e. The van der Waals surface area contributed by atoms with E-state index >= 15 is 0 Å². The van der Waals surface area contributed by atoms with E-state index in [0.717, 1.165) is 36.5 Å². The van der Waals surface area contributed by atoms with Crippen molar-refractivity contribution in [2.45, 2.75) is 51.2 Å². The van der Waals surface area contributed by atoms with Gasteiger partial charge < -0.3 is 14.8 Å². The van der Waals surface area contributed by atoms with E-state index in [1.807, 2.05) is 36.4 Å². The number of rotatable bonds is 6. The molecule has 29 heavy (non-hydrogen) atoms. The lowest BCUT2D eigenvalue weighted by atomic mass is 9.96. The van der Waals surface area contributed by atoms with Crippen molar-refractivity contribution in [1.82, 2.24) is 10.6 Å². The Bertz CT molecular complexity index is 876. The SMILES string of the molecule is C[C@H](OC(=O)COc1ccc2ccccc2c1)C(=O)NC(=O)NC1CCCCC1. The van der Waals surface area contributed by atoms with Gasteiger partial charge in [-0.15, -0.1) is 0 Å². The Morgan fingerprint density at radius 3 is 2.52 bits per heavy atom. The second kappa shape index (κ2) is 9.91. The largest absolute Gasteiger partial charge is 0.482 e. The number of hydrogen-bond donors (Lipinski definition) is 2. The number of nitrogens with one attached hydrogen (secondary N) is 2. The molecule has 0 heterocycles. The van der Waals surface area contributed by atoms with Gasteiger partial charge in [-0.3, -0.25) is 10.1 Å². The molecule has 1 saturated carbocycles. The Labute approximate surface area is 169 Å². The zero-order valence-corrected chi connectivity index (χ0v) is 16.5. The van der Waals surface area contributed by atoms with Gasteiger partial charge in [-0.25, -0.2) is 9.59 Å². The van der Waals surface area contributed by atoms with Gasteiger partial charge in [0, 0.05) is 6.04 Å². The lowest BCUT2D eigenvalue weighted by molar-refractivity contribution is -0.156. The molecule has 1 aliphatic rings. The summed E-state index contributed by atoms with van der Waals surface area (Å²) in [4.78, 5) is 36.0. The Kier molecular flexibility index (Phi) is 7.05. The Morgan fingerprint density at radius 2 is 1.76 bits per heavy atom. The van der Waals surface area contributed by atoms with Crippen molar-refractivity contribution in [1.29, 1.82) is 0 Å². The van der Waals surface area contributed by atoms with Crippen LogP contribution in [0.2, 0.25) is 0 Å². The minimum atomic E-state index is -1.10. The zero-order chi connectivity index (χ0) is 20.6. The average molecular weight is 398 g/mol. The first kappa shape index (κ1) is 20.6. The Hall–Kier alpha value is -3.09. The predicted molar refractivity (Wildman–Crippen MR) is 109 cm³/mol. The van der Waals surface area contributed by atoms with Crippen LogP contribution in [0, 0.1) is 0 Å². The topological polar surface area (TPSA) is 93.7 Å². The molecule has 2 aromatic carbocycles. The van der Waals surface area contributed by atoms with Crippen molar-refractivity contribution >= 4 is 28.7 Å². The molecule has 0 radical (unpaired) electrons. The zero-order valence-electron chi connectivity index (χ0n) is 16.5. The number of esters is 1. The van der Waals surface area contributed by atoms with Gasteiger partial charge in [0.1, 0.15) is 5.75 Å². The molecular weight excluding hydrogens is 372 g/mol. The molecule has 0 unspecified atom stereocenters. The highest BCUT2D eigenvalue weighted by atomic mass is 16.6. The standard InChI is InChI=1S/C22H26N2O5/c1-15(21(26)24-22(27)23-18-9-3-2-4-10-18)29-20(25)14-28-19-12-11-16-7-5-6-8-17(16)13-19/h5-8,11-13,15,18H,2-4,9-10,14H2,1H3,(H2,23,24,26,27)/t15-/m0/s1. The molecule has 3 rings (SSSR count). The van der Waals surface area contributed by atoms with Crippen LogP contribution in [-0.2, 0) is 14.3 Å². The molecule has 0 bridgehead atoms. The van der Waals surface area contributed by atoms with Gasteiger partial charge in [0.2, 0.25) is 0 Å². The van der Waals surface area contributed by atoms with E-state index in [0.29, 0.717) is 5.75 Å². The van der Waals surface area contributed by atoms with Crippen molar-refractivity contribution in [3.63, 3.8) is 0 Å². The molecule has 2 N–H and O–H groups in total. The summed E-state index contributed by atoms with van der Waals surface area (Å²) in [6, 6.07) is 12.8. The van der Waals surface area contributed by atoms with Crippen molar-refractivity contribution < 1.29 is 23.9 Å². The first-order valence-electron chi connectivity index (χ1n) is 9.94. The second-order valence-electron chi connectivity index (χ2n) is 7.23. The predicted octanol–water partition coefficient (Wildman–Crippen LogP) is 3.31. The van der Waals surface area contributed by atoms with E-state index in [1.165, 1.54) is 13.3 Å². The molecule has 1 fully saturated rings. The lowest BCUT2D eigenvalue weighted by Crippen LogP contribution is -2.48. The van der Waals surface area contributed by atoms with Crippen LogP contribution >= 0.6 is 0 Å². The first-order chi connectivity index (χ1) is 14.0. The monoisotopic (exact) mass is 398 g/mol.